The Hall–Kier alpha value is -2.13. The summed E-state index contributed by atoms with van der Waals surface area (Å²) < 4.78 is 59.1. The highest BCUT2D eigenvalue weighted by Gasteiger charge is 2.34. The Morgan fingerprint density at radius 3 is 2.30 bits per heavy atom. The van der Waals surface area contributed by atoms with E-state index in [1.54, 1.807) is 18.2 Å². The SMILES string of the molecule is Cl.NC(/C=C/c1ccc(OCCCc2ccccc2F)c(C(F)(F)F)c1)(CO)CO. The summed E-state index contributed by atoms with van der Waals surface area (Å²) in [5.74, 6) is -0.687. The lowest BCUT2D eigenvalue weighted by molar-refractivity contribution is -0.139. The number of alkyl halides is 3. The van der Waals surface area contributed by atoms with Crippen LogP contribution in [0.25, 0.3) is 6.08 Å². The molecular formula is C21H24ClF4NO3. The molecule has 0 heterocycles. The number of halogens is 5. The largest absolute Gasteiger partial charge is 0.493 e. The molecule has 0 amide bonds. The molecule has 0 unspecified atom stereocenters. The first kappa shape index (κ1) is 25.9. The van der Waals surface area contributed by atoms with Gasteiger partial charge < -0.3 is 20.7 Å². The number of rotatable bonds is 9. The summed E-state index contributed by atoms with van der Waals surface area (Å²) in [6.07, 6.45) is -1.40. The molecule has 0 atom stereocenters. The summed E-state index contributed by atoms with van der Waals surface area (Å²) in [6, 6.07) is 9.71. The summed E-state index contributed by atoms with van der Waals surface area (Å²) in [5, 5.41) is 18.3. The Morgan fingerprint density at radius 1 is 1.03 bits per heavy atom. The Kier molecular flexibility index (Phi) is 9.77. The van der Waals surface area contributed by atoms with Gasteiger partial charge in [0, 0.05) is 0 Å². The molecule has 9 heteroatoms. The second-order valence-corrected chi connectivity index (χ2v) is 6.68. The van der Waals surface area contributed by atoms with Crippen LogP contribution < -0.4 is 10.5 Å². The van der Waals surface area contributed by atoms with Crippen molar-refractivity contribution < 1.29 is 32.5 Å². The lowest BCUT2D eigenvalue weighted by atomic mass is 10.0. The lowest BCUT2D eigenvalue weighted by Crippen LogP contribution is -2.45. The molecule has 0 saturated carbocycles. The van der Waals surface area contributed by atoms with Crippen LogP contribution in [0.3, 0.4) is 0 Å². The molecule has 0 saturated heterocycles. The number of hydrogen-bond acceptors (Lipinski definition) is 4. The highest BCUT2D eigenvalue weighted by molar-refractivity contribution is 5.85. The lowest BCUT2D eigenvalue weighted by Gasteiger charge is -2.20. The molecule has 4 N–H and O–H groups in total. The first-order chi connectivity index (χ1) is 13.7. The van der Waals surface area contributed by atoms with Crippen LogP contribution in [0.5, 0.6) is 5.75 Å². The van der Waals surface area contributed by atoms with E-state index in [-0.39, 0.29) is 36.1 Å². The molecule has 0 aliphatic rings. The second kappa shape index (κ2) is 11.3. The minimum Gasteiger partial charge on any atom is -0.493 e. The van der Waals surface area contributed by atoms with Crippen molar-refractivity contribution in [1.29, 1.82) is 0 Å². The molecule has 0 bridgehead atoms. The van der Waals surface area contributed by atoms with E-state index in [1.165, 1.54) is 30.4 Å². The van der Waals surface area contributed by atoms with Crippen LogP contribution in [-0.2, 0) is 12.6 Å². The first-order valence-electron chi connectivity index (χ1n) is 8.96. The molecule has 166 valence electrons. The molecule has 4 nitrogen and oxygen atoms in total. The van der Waals surface area contributed by atoms with Gasteiger partial charge in [-0.2, -0.15) is 13.2 Å². The van der Waals surface area contributed by atoms with E-state index in [9.17, 15) is 17.6 Å². The number of benzene rings is 2. The molecule has 0 fully saturated rings. The number of nitrogens with two attached hydrogens (primary N) is 1. The number of hydrogen-bond donors (Lipinski definition) is 3. The van der Waals surface area contributed by atoms with E-state index in [0.29, 0.717) is 18.4 Å². The Balaban J connectivity index is 0.00000450. The summed E-state index contributed by atoms with van der Waals surface area (Å²) in [6.45, 7) is -1.13. The fourth-order valence-electron chi connectivity index (χ4n) is 2.56. The third kappa shape index (κ3) is 7.28. The monoisotopic (exact) mass is 449 g/mol. The summed E-state index contributed by atoms with van der Waals surface area (Å²) in [5.41, 5.74) is 3.96. The first-order valence-corrected chi connectivity index (χ1v) is 8.96. The highest BCUT2D eigenvalue weighted by atomic mass is 35.5. The van der Waals surface area contributed by atoms with Crippen molar-refractivity contribution in [3.05, 3.63) is 71.0 Å². The predicted octanol–water partition coefficient (Wildman–Crippen LogP) is 3.97. The maximum absolute atomic E-state index is 13.6. The van der Waals surface area contributed by atoms with Crippen LogP contribution in [0, 0.1) is 5.82 Å². The topological polar surface area (TPSA) is 75.7 Å². The van der Waals surface area contributed by atoms with Crippen molar-refractivity contribution in [1.82, 2.24) is 0 Å². The second-order valence-electron chi connectivity index (χ2n) is 6.68. The minimum absolute atomic E-state index is 0. The normalized spacial score (nSPS) is 12.1. The van der Waals surface area contributed by atoms with Crippen LogP contribution in [0.2, 0.25) is 0 Å². The van der Waals surface area contributed by atoms with Gasteiger partial charge in [0.25, 0.3) is 0 Å². The van der Waals surface area contributed by atoms with Crippen LogP contribution in [0.1, 0.15) is 23.1 Å². The highest BCUT2D eigenvalue weighted by Crippen LogP contribution is 2.37. The van der Waals surface area contributed by atoms with Gasteiger partial charge in [-0.15, -0.1) is 12.4 Å². The predicted molar refractivity (Wildman–Crippen MR) is 109 cm³/mol. The van der Waals surface area contributed by atoms with Gasteiger partial charge >= 0.3 is 6.18 Å². The van der Waals surface area contributed by atoms with Crippen LogP contribution in [-0.4, -0.2) is 35.6 Å². The molecule has 0 radical (unpaired) electrons. The molecule has 2 aromatic rings. The fourth-order valence-corrected chi connectivity index (χ4v) is 2.56. The molecular weight excluding hydrogens is 426 g/mol. The van der Waals surface area contributed by atoms with Crippen molar-refractivity contribution >= 4 is 18.5 Å². The zero-order valence-electron chi connectivity index (χ0n) is 16.0. The van der Waals surface area contributed by atoms with Gasteiger partial charge in [-0.05, 0) is 42.2 Å². The standard InChI is InChI=1S/C21H23F4NO3.ClH/c22-18-6-2-1-4-16(18)5-3-11-29-19-8-7-15(12-17(19)21(23,24)25)9-10-20(26,13-27)14-28;/h1-2,4,6-10,12,27-28H,3,5,11,13-14,26H2;1H/b10-9+;. The van der Waals surface area contributed by atoms with E-state index in [4.69, 9.17) is 20.7 Å². The van der Waals surface area contributed by atoms with Gasteiger partial charge in [0.2, 0.25) is 0 Å². The molecule has 2 aromatic carbocycles. The molecule has 0 spiro atoms. The Labute approximate surface area is 178 Å². The third-order valence-corrected chi connectivity index (χ3v) is 4.31. The molecule has 30 heavy (non-hydrogen) atoms. The van der Waals surface area contributed by atoms with Gasteiger partial charge in [-0.1, -0.05) is 36.4 Å². The average molecular weight is 450 g/mol. The van der Waals surface area contributed by atoms with Gasteiger partial charge in [0.1, 0.15) is 11.6 Å². The van der Waals surface area contributed by atoms with Crippen LogP contribution in [0.15, 0.2) is 48.5 Å². The molecule has 0 aromatic heterocycles. The number of aliphatic hydroxyl groups is 2. The van der Waals surface area contributed by atoms with E-state index >= 15 is 0 Å². The van der Waals surface area contributed by atoms with Crippen molar-refractivity contribution in [3.63, 3.8) is 0 Å². The number of ether oxygens (including phenoxy) is 1. The fraction of sp³-hybridized carbons (Fsp3) is 0.333. The van der Waals surface area contributed by atoms with E-state index in [0.717, 1.165) is 6.07 Å². The van der Waals surface area contributed by atoms with Crippen LogP contribution in [0.4, 0.5) is 17.6 Å². The van der Waals surface area contributed by atoms with E-state index in [2.05, 4.69) is 0 Å². The number of aliphatic hydroxyl groups excluding tert-OH is 2. The molecule has 0 aliphatic carbocycles. The van der Waals surface area contributed by atoms with Gasteiger partial charge in [0.05, 0.1) is 30.9 Å². The number of aryl methyl sites for hydroxylation is 1. The maximum atomic E-state index is 13.6. The summed E-state index contributed by atoms with van der Waals surface area (Å²) >= 11 is 0. The van der Waals surface area contributed by atoms with Gasteiger partial charge in [-0.25, -0.2) is 4.39 Å². The van der Waals surface area contributed by atoms with Crippen molar-refractivity contribution in [2.45, 2.75) is 24.6 Å². The van der Waals surface area contributed by atoms with Gasteiger partial charge in [0.15, 0.2) is 0 Å². The maximum Gasteiger partial charge on any atom is 0.419 e. The zero-order chi connectivity index (χ0) is 21.5. The Morgan fingerprint density at radius 2 is 1.70 bits per heavy atom. The van der Waals surface area contributed by atoms with Crippen molar-refractivity contribution in [2.24, 2.45) is 5.73 Å². The van der Waals surface area contributed by atoms with E-state index < -0.39 is 30.5 Å². The molecule has 0 aliphatic heterocycles. The van der Waals surface area contributed by atoms with Gasteiger partial charge in [-0.3, -0.25) is 0 Å². The molecule has 2 rings (SSSR count). The average Bonchev–Trinajstić information content (AvgIpc) is 2.70. The Bertz CT molecular complexity index is 839. The minimum atomic E-state index is -4.64. The van der Waals surface area contributed by atoms with Crippen molar-refractivity contribution in [2.75, 3.05) is 19.8 Å². The van der Waals surface area contributed by atoms with Crippen LogP contribution >= 0.6 is 12.4 Å². The zero-order valence-corrected chi connectivity index (χ0v) is 16.8. The summed E-state index contributed by atoms with van der Waals surface area (Å²) in [4.78, 5) is 0. The smallest absolute Gasteiger partial charge is 0.419 e. The van der Waals surface area contributed by atoms with Crippen molar-refractivity contribution in [3.8, 4) is 5.75 Å². The van der Waals surface area contributed by atoms with E-state index in [1.807, 2.05) is 0 Å². The third-order valence-electron chi connectivity index (χ3n) is 4.31. The quantitative estimate of drug-likeness (QED) is 0.400. The summed E-state index contributed by atoms with van der Waals surface area (Å²) in [7, 11) is 0.